The van der Waals surface area contributed by atoms with E-state index in [4.69, 9.17) is 0 Å². The quantitative estimate of drug-likeness (QED) is 0.151. The van der Waals surface area contributed by atoms with Crippen molar-refractivity contribution in [3.8, 4) is 33.4 Å². The van der Waals surface area contributed by atoms with E-state index in [-0.39, 0.29) is 11.8 Å². The highest BCUT2D eigenvalue weighted by atomic mass is 32.1. The summed E-state index contributed by atoms with van der Waals surface area (Å²) < 4.78 is 5.20. The third-order valence-electron chi connectivity index (χ3n) is 11.1. The summed E-state index contributed by atoms with van der Waals surface area (Å²) in [6, 6.07) is 64.4. The Balaban J connectivity index is 0.966. The molecule has 0 saturated carbocycles. The molecule has 0 N–H and O–H groups in total. The van der Waals surface area contributed by atoms with Crippen molar-refractivity contribution < 1.29 is 9.59 Å². The molecule has 2 aromatic heterocycles. The lowest BCUT2D eigenvalue weighted by molar-refractivity contribution is -0.119. The van der Waals surface area contributed by atoms with Crippen molar-refractivity contribution in [2.24, 2.45) is 0 Å². The predicted octanol–water partition coefficient (Wildman–Crippen LogP) is 14.3. The number of nitrogens with zero attached hydrogens (tertiary/aromatic N) is 2. The predicted molar refractivity (Wildman–Crippen MR) is 245 cm³/mol. The minimum atomic E-state index is -0.322. The van der Waals surface area contributed by atoms with E-state index in [0.717, 1.165) is 28.2 Å². The van der Waals surface area contributed by atoms with Crippen LogP contribution in [0.4, 0.5) is 22.7 Å². The van der Waals surface area contributed by atoms with Crippen molar-refractivity contribution in [1.29, 1.82) is 0 Å². The van der Waals surface area contributed by atoms with Crippen LogP contribution in [0.5, 0.6) is 0 Å². The molecule has 274 valence electrons. The van der Waals surface area contributed by atoms with Crippen molar-refractivity contribution in [2.75, 3.05) is 9.80 Å². The van der Waals surface area contributed by atoms with Gasteiger partial charge in [0.15, 0.2) is 0 Å². The first-order valence-electron chi connectivity index (χ1n) is 19.2. The lowest BCUT2D eigenvalue weighted by Crippen LogP contribution is -2.29. The molecule has 0 radical (unpaired) electrons. The number of imide groups is 1. The topological polar surface area (TPSA) is 40.6 Å². The maximum absolute atomic E-state index is 12.2. The van der Waals surface area contributed by atoms with Gasteiger partial charge in [0, 0.05) is 69.6 Å². The minimum Gasteiger partial charge on any atom is -0.311 e. The van der Waals surface area contributed by atoms with E-state index in [1.165, 1.54) is 79.7 Å². The molecule has 58 heavy (non-hydrogen) atoms. The molecule has 1 aliphatic rings. The summed E-state index contributed by atoms with van der Waals surface area (Å²) in [6.07, 6.45) is 2.61. The molecule has 0 fully saturated rings. The van der Waals surface area contributed by atoms with Gasteiger partial charge in [0.25, 0.3) is 11.8 Å². The number of thiophene rings is 2. The Morgan fingerprint density at radius 3 is 1.19 bits per heavy atom. The molecular weight excluding hydrogens is 749 g/mol. The Morgan fingerprint density at radius 2 is 0.741 bits per heavy atom. The molecule has 0 atom stereocenters. The van der Waals surface area contributed by atoms with Crippen LogP contribution in [0.1, 0.15) is 0 Å². The van der Waals surface area contributed by atoms with Crippen LogP contribution in [0.2, 0.25) is 0 Å². The van der Waals surface area contributed by atoms with Crippen molar-refractivity contribution in [3.05, 3.63) is 194 Å². The average molecular weight is 781 g/mol. The van der Waals surface area contributed by atoms with Crippen LogP contribution in [0.15, 0.2) is 194 Å². The summed E-state index contributed by atoms with van der Waals surface area (Å²) in [5.74, 6) is -0.643. The van der Waals surface area contributed by atoms with Crippen LogP contribution in [0.25, 0.3) is 73.7 Å². The van der Waals surface area contributed by atoms with E-state index in [1.54, 1.807) is 0 Å². The fourth-order valence-electron chi connectivity index (χ4n) is 8.24. The molecule has 0 saturated heterocycles. The summed E-state index contributed by atoms with van der Waals surface area (Å²) in [6.45, 7) is 0. The Hall–Kier alpha value is -7.12. The molecule has 1 aliphatic heterocycles. The molecule has 0 unspecified atom stereocenters. The van der Waals surface area contributed by atoms with Crippen LogP contribution in [0, 0.1) is 0 Å². The normalized spacial score (nSPS) is 12.8. The van der Waals surface area contributed by atoms with Crippen molar-refractivity contribution in [2.45, 2.75) is 0 Å². The summed E-state index contributed by atoms with van der Waals surface area (Å²) in [5.41, 5.74) is 10.6. The number of amides is 2. The van der Waals surface area contributed by atoms with Gasteiger partial charge in [-0.15, -0.1) is 22.7 Å². The highest BCUT2D eigenvalue weighted by Crippen LogP contribution is 2.43. The second kappa shape index (κ2) is 13.8. The highest BCUT2D eigenvalue weighted by Gasteiger charge is 2.25. The Bertz CT molecular complexity index is 3070. The van der Waals surface area contributed by atoms with Gasteiger partial charge in [0.2, 0.25) is 0 Å². The number of hydrogen-bond donors (Lipinski definition) is 0. The standard InChI is InChI=1S/C52H32N2O2S2/c55-49-31-32-50(56)54(49)40-25-17-34(18-26-40)33-15-23-37(24-16-33)53(38-27-19-35(20-28-38)41-9-5-11-45-43-7-1-3-13-47(43)57-51(41)45)39-29-21-36(22-30-39)42-10-6-12-46-44-8-2-4-14-48(44)58-52(42)46/h1-32H. The third kappa shape index (κ3) is 5.73. The van der Waals surface area contributed by atoms with E-state index in [9.17, 15) is 9.59 Å². The Kier molecular flexibility index (Phi) is 8.14. The number of fused-ring (bicyclic) bond motifs is 6. The Labute approximate surface area is 342 Å². The van der Waals surface area contributed by atoms with Gasteiger partial charge in [-0.25, -0.2) is 4.90 Å². The van der Waals surface area contributed by atoms with E-state index in [0.29, 0.717) is 5.69 Å². The number of carbonyl (C=O) groups is 2. The zero-order valence-electron chi connectivity index (χ0n) is 31.0. The first kappa shape index (κ1) is 34.2. The SMILES string of the molecule is O=C1C=CC(=O)N1c1ccc(-c2ccc(N(c3ccc(-c4cccc5c4sc4ccccc45)cc3)c3ccc(-c4cccc5c4sc4ccccc45)cc3)cc2)cc1. The molecule has 8 aromatic carbocycles. The average Bonchev–Trinajstić information content (AvgIpc) is 3.96. The van der Waals surface area contributed by atoms with Crippen LogP contribution in [-0.2, 0) is 9.59 Å². The van der Waals surface area contributed by atoms with Gasteiger partial charge < -0.3 is 4.90 Å². The smallest absolute Gasteiger partial charge is 0.258 e. The molecule has 11 rings (SSSR count). The lowest BCUT2D eigenvalue weighted by Gasteiger charge is -2.26. The van der Waals surface area contributed by atoms with E-state index in [1.807, 2.05) is 46.9 Å². The van der Waals surface area contributed by atoms with Gasteiger partial charge in [-0.3, -0.25) is 9.59 Å². The van der Waals surface area contributed by atoms with Gasteiger partial charge in [-0.1, -0.05) is 121 Å². The number of anilines is 4. The maximum atomic E-state index is 12.2. The molecule has 0 spiro atoms. The van der Waals surface area contributed by atoms with Gasteiger partial charge in [0.1, 0.15) is 0 Å². The zero-order chi connectivity index (χ0) is 38.7. The molecule has 10 aromatic rings. The van der Waals surface area contributed by atoms with Crippen LogP contribution in [0.3, 0.4) is 0 Å². The first-order valence-corrected chi connectivity index (χ1v) is 20.8. The zero-order valence-corrected chi connectivity index (χ0v) is 32.6. The summed E-state index contributed by atoms with van der Waals surface area (Å²) in [4.78, 5) is 28.0. The van der Waals surface area contributed by atoms with Crippen molar-refractivity contribution in [3.63, 3.8) is 0 Å². The fraction of sp³-hybridized carbons (Fsp3) is 0. The molecule has 4 nitrogen and oxygen atoms in total. The molecule has 6 heteroatoms. The van der Waals surface area contributed by atoms with E-state index < -0.39 is 0 Å². The van der Waals surface area contributed by atoms with Crippen LogP contribution >= 0.6 is 22.7 Å². The van der Waals surface area contributed by atoms with Gasteiger partial charge in [0.05, 0.1) is 5.69 Å². The first-order chi connectivity index (χ1) is 28.6. The number of carbonyl (C=O) groups excluding carboxylic acids is 2. The molecule has 0 aliphatic carbocycles. The molecule has 2 amide bonds. The molecular formula is C52H32N2O2S2. The number of rotatable bonds is 7. The third-order valence-corrected chi connectivity index (χ3v) is 13.5. The summed E-state index contributed by atoms with van der Waals surface area (Å²) in [7, 11) is 0. The van der Waals surface area contributed by atoms with E-state index >= 15 is 0 Å². The maximum Gasteiger partial charge on any atom is 0.258 e. The molecule has 3 heterocycles. The second-order valence-electron chi connectivity index (χ2n) is 14.4. The van der Waals surface area contributed by atoms with E-state index in [2.05, 4.69) is 163 Å². The van der Waals surface area contributed by atoms with Crippen LogP contribution in [-0.4, -0.2) is 11.8 Å². The Morgan fingerprint density at radius 1 is 0.362 bits per heavy atom. The summed E-state index contributed by atoms with van der Waals surface area (Å²) in [5, 5.41) is 5.18. The lowest BCUT2D eigenvalue weighted by atomic mass is 10.0. The number of hydrogen-bond acceptors (Lipinski definition) is 5. The number of benzene rings is 8. The van der Waals surface area contributed by atoms with Gasteiger partial charge in [-0.05, 0) is 94.0 Å². The second-order valence-corrected chi connectivity index (χ2v) is 16.5. The van der Waals surface area contributed by atoms with Crippen LogP contribution < -0.4 is 9.80 Å². The van der Waals surface area contributed by atoms with Crippen molar-refractivity contribution in [1.82, 2.24) is 0 Å². The highest BCUT2D eigenvalue weighted by molar-refractivity contribution is 7.26. The molecule has 0 bridgehead atoms. The van der Waals surface area contributed by atoms with Gasteiger partial charge >= 0.3 is 0 Å². The van der Waals surface area contributed by atoms with Gasteiger partial charge in [-0.2, -0.15) is 0 Å². The monoisotopic (exact) mass is 780 g/mol. The fourth-order valence-corrected chi connectivity index (χ4v) is 10.7. The van der Waals surface area contributed by atoms with Crippen molar-refractivity contribution >= 4 is 97.6 Å². The minimum absolute atomic E-state index is 0.322. The summed E-state index contributed by atoms with van der Waals surface area (Å²) >= 11 is 3.70. The largest absolute Gasteiger partial charge is 0.311 e.